The monoisotopic (exact) mass is 535 g/mol. The number of fused-ring (bicyclic) bond motifs is 2. The maximum atomic E-state index is 12.5. The van der Waals surface area contributed by atoms with Crippen LogP contribution in [0.1, 0.15) is 18.0 Å². The van der Waals surface area contributed by atoms with Crippen LogP contribution in [0.2, 0.25) is 10.3 Å². The molecule has 1 aromatic carbocycles. The first kappa shape index (κ1) is 24.5. The van der Waals surface area contributed by atoms with E-state index in [1.54, 1.807) is 22.8 Å². The van der Waals surface area contributed by atoms with Crippen LogP contribution in [0, 0.1) is 11.3 Å². The second-order valence-electron chi connectivity index (χ2n) is 8.88. The SMILES string of the molecule is CNC(=O)[C@@]12C[C@@H]1[C@H](n1cnc3c(NCc4cc(Cl)ccc4OCC(N)=O)nc(Cl)nc31)[C@H](O)[C@@H]2O. The number of aliphatic hydroxyl groups excluding tert-OH is 2. The normalized spacial score (nSPS) is 26.5. The fraction of sp³-hybridized carbons (Fsp3) is 0.409. The van der Waals surface area contributed by atoms with Gasteiger partial charge in [-0.2, -0.15) is 9.97 Å². The molecule has 3 aromatic rings. The number of aromatic nitrogens is 4. The summed E-state index contributed by atoms with van der Waals surface area (Å²) in [7, 11) is 1.50. The van der Waals surface area contributed by atoms with Crippen LogP contribution in [0.5, 0.6) is 5.75 Å². The molecule has 12 nitrogen and oxygen atoms in total. The molecule has 2 aromatic heterocycles. The summed E-state index contributed by atoms with van der Waals surface area (Å²) in [5.74, 6) is -0.492. The number of nitrogens with two attached hydrogens (primary N) is 1. The van der Waals surface area contributed by atoms with Crippen molar-refractivity contribution in [1.29, 1.82) is 0 Å². The smallest absolute Gasteiger partial charge is 0.255 e. The Morgan fingerprint density at radius 3 is 2.81 bits per heavy atom. The van der Waals surface area contributed by atoms with Gasteiger partial charge in [0.05, 0.1) is 23.9 Å². The largest absolute Gasteiger partial charge is 0.483 e. The van der Waals surface area contributed by atoms with E-state index in [0.29, 0.717) is 39.7 Å². The van der Waals surface area contributed by atoms with Crippen LogP contribution >= 0.6 is 23.2 Å². The second-order valence-corrected chi connectivity index (χ2v) is 9.66. The minimum absolute atomic E-state index is 0.0653. The van der Waals surface area contributed by atoms with Crippen molar-refractivity contribution in [3.05, 3.63) is 40.4 Å². The summed E-state index contributed by atoms with van der Waals surface area (Å²) in [6, 6.07) is 4.30. The van der Waals surface area contributed by atoms with E-state index in [-0.39, 0.29) is 30.3 Å². The molecular weight excluding hydrogens is 513 g/mol. The van der Waals surface area contributed by atoms with Gasteiger partial charge in [0, 0.05) is 30.1 Å². The van der Waals surface area contributed by atoms with Gasteiger partial charge in [-0.05, 0) is 36.2 Å². The number of benzene rings is 1. The van der Waals surface area contributed by atoms with Crippen molar-refractivity contribution in [3.63, 3.8) is 0 Å². The van der Waals surface area contributed by atoms with E-state index < -0.39 is 29.6 Å². The van der Waals surface area contributed by atoms with Gasteiger partial charge in [0.15, 0.2) is 23.6 Å². The van der Waals surface area contributed by atoms with Crippen molar-refractivity contribution in [2.45, 2.75) is 31.2 Å². The second kappa shape index (κ2) is 9.04. The average Bonchev–Trinajstić information content (AvgIpc) is 3.38. The van der Waals surface area contributed by atoms with Gasteiger partial charge in [0.2, 0.25) is 11.2 Å². The molecule has 36 heavy (non-hydrogen) atoms. The lowest BCUT2D eigenvalue weighted by Gasteiger charge is -2.23. The van der Waals surface area contributed by atoms with Crippen LogP contribution in [-0.4, -0.2) is 67.4 Å². The summed E-state index contributed by atoms with van der Waals surface area (Å²) < 4.78 is 7.10. The van der Waals surface area contributed by atoms with Gasteiger partial charge < -0.3 is 35.9 Å². The van der Waals surface area contributed by atoms with Crippen LogP contribution in [0.4, 0.5) is 5.82 Å². The van der Waals surface area contributed by atoms with Crippen molar-refractivity contribution in [3.8, 4) is 5.75 Å². The summed E-state index contributed by atoms with van der Waals surface area (Å²) >= 11 is 12.4. The van der Waals surface area contributed by atoms with Crippen LogP contribution in [0.3, 0.4) is 0 Å². The third kappa shape index (κ3) is 3.90. The van der Waals surface area contributed by atoms with Crippen molar-refractivity contribution >= 4 is 52.0 Å². The number of carbonyl (C=O) groups excluding carboxylic acids is 2. The van der Waals surface area contributed by atoms with E-state index in [0.717, 1.165) is 0 Å². The quantitative estimate of drug-likeness (QED) is 0.259. The highest BCUT2D eigenvalue weighted by molar-refractivity contribution is 6.30. The van der Waals surface area contributed by atoms with E-state index in [9.17, 15) is 19.8 Å². The first-order valence-electron chi connectivity index (χ1n) is 11.1. The molecule has 2 amide bonds. The zero-order valence-corrected chi connectivity index (χ0v) is 20.5. The number of hydrogen-bond donors (Lipinski definition) is 5. The number of nitrogens with zero attached hydrogens (tertiary/aromatic N) is 4. The van der Waals surface area contributed by atoms with Gasteiger partial charge in [-0.25, -0.2) is 4.98 Å². The summed E-state index contributed by atoms with van der Waals surface area (Å²) in [5, 5.41) is 27.6. The fourth-order valence-electron chi connectivity index (χ4n) is 5.17. The van der Waals surface area contributed by atoms with E-state index >= 15 is 0 Å². The zero-order valence-electron chi connectivity index (χ0n) is 19.0. The average molecular weight is 536 g/mol. The molecule has 5 rings (SSSR count). The van der Waals surface area contributed by atoms with E-state index in [2.05, 4.69) is 25.6 Å². The number of halogens is 2. The maximum Gasteiger partial charge on any atom is 0.255 e. The molecule has 2 heterocycles. The number of ether oxygens (including phenoxy) is 1. The highest BCUT2D eigenvalue weighted by atomic mass is 35.5. The number of amides is 2. The van der Waals surface area contributed by atoms with E-state index in [4.69, 9.17) is 33.7 Å². The molecular formula is C22H23Cl2N7O5. The Hall–Kier alpha value is -3.19. The number of primary amides is 1. The zero-order chi connectivity index (χ0) is 25.8. The van der Waals surface area contributed by atoms with E-state index in [1.165, 1.54) is 13.4 Å². The highest BCUT2D eigenvalue weighted by Crippen LogP contribution is 2.67. The number of nitrogens with one attached hydrogen (secondary N) is 2. The van der Waals surface area contributed by atoms with Gasteiger partial charge in [-0.15, -0.1) is 0 Å². The summed E-state index contributed by atoms with van der Waals surface area (Å²) in [6.07, 6.45) is -0.496. The van der Waals surface area contributed by atoms with Gasteiger partial charge in [-0.3, -0.25) is 9.59 Å². The van der Waals surface area contributed by atoms with E-state index in [1.807, 2.05) is 0 Å². The molecule has 0 unspecified atom stereocenters. The Labute approximate surface area is 214 Å². The molecule has 0 aliphatic heterocycles. The minimum atomic E-state index is -1.22. The summed E-state index contributed by atoms with van der Waals surface area (Å²) in [6.45, 7) is -0.103. The topological polar surface area (TPSA) is 178 Å². The highest BCUT2D eigenvalue weighted by Gasteiger charge is 2.75. The Balaban J connectivity index is 1.45. The molecule has 6 N–H and O–H groups in total. The standard InChI is InChI=1S/C22H23Cl2N7O5/c1-26-20(35)22-5-11(22)15(16(33)17(22)34)31-8-28-14-18(29-21(24)30-19(14)31)27-6-9-4-10(23)2-3-12(9)36-7-13(25)32/h2-4,8,11,15-17,33-34H,5-7H2,1H3,(H2,25,32)(H,26,35)(H,27,29,30)/t11-,15+,16+,17+,22+/m1/s1. The third-order valence-electron chi connectivity index (χ3n) is 6.88. The lowest BCUT2D eigenvalue weighted by atomic mass is 9.98. The molecule has 2 saturated carbocycles. The van der Waals surface area contributed by atoms with Crippen molar-refractivity contribution in [2.75, 3.05) is 19.0 Å². The van der Waals surface area contributed by atoms with Crippen molar-refractivity contribution < 1.29 is 24.5 Å². The molecule has 2 fully saturated rings. The fourth-order valence-corrected chi connectivity index (χ4v) is 5.53. The molecule has 2 aliphatic rings. The molecule has 2 aliphatic carbocycles. The molecule has 0 saturated heterocycles. The van der Waals surface area contributed by atoms with Crippen LogP contribution in [-0.2, 0) is 16.1 Å². The summed E-state index contributed by atoms with van der Waals surface area (Å²) in [5.41, 5.74) is 5.48. The van der Waals surface area contributed by atoms with Crippen LogP contribution in [0.25, 0.3) is 11.2 Å². The Bertz CT molecular complexity index is 1370. The Morgan fingerprint density at radius 2 is 2.08 bits per heavy atom. The van der Waals surface area contributed by atoms with Crippen molar-refractivity contribution in [1.82, 2.24) is 24.8 Å². The molecule has 0 spiro atoms. The number of aliphatic hydroxyl groups is 2. The predicted octanol–water partition coefficient (Wildman–Crippen LogP) is 0.638. The third-order valence-corrected chi connectivity index (χ3v) is 7.28. The minimum Gasteiger partial charge on any atom is -0.483 e. The lowest BCUT2D eigenvalue weighted by Crippen LogP contribution is -2.41. The van der Waals surface area contributed by atoms with Gasteiger partial charge in [0.25, 0.3) is 5.91 Å². The molecule has 190 valence electrons. The molecule has 0 bridgehead atoms. The number of carbonyl (C=O) groups is 2. The number of rotatable bonds is 8. The van der Waals surface area contributed by atoms with Crippen molar-refractivity contribution in [2.24, 2.45) is 17.1 Å². The Morgan fingerprint density at radius 1 is 1.31 bits per heavy atom. The van der Waals surface area contributed by atoms with Crippen LogP contribution < -0.4 is 21.1 Å². The molecule has 0 radical (unpaired) electrons. The first-order chi connectivity index (χ1) is 17.2. The van der Waals surface area contributed by atoms with Gasteiger partial charge in [0.1, 0.15) is 11.9 Å². The summed E-state index contributed by atoms with van der Waals surface area (Å²) in [4.78, 5) is 36.6. The first-order valence-corrected chi connectivity index (χ1v) is 11.8. The van der Waals surface area contributed by atoms with Gasteiger partial charge >= 0.3 is 0 Å². The number of anilines is 1. The van der Waals surface area contributed by atoms with Gasteiger partial charge in [-0.1, -0.05) is 11.6 Å². The lowest BCUT2D eigenvalue weighted by molar-refractivity contribution is -0.132. The number of hydrogen-bond acceptors (Lipinski definition) is 9. The Kier molecular flexibility index (Phi) is 6.15. The molecule has 5 atom stereocenters. The van der Waals surface area contributed by atoms with Crippen LogP contribution in [0.15, 0.2) is 24.5 Å². The maximum absolute atomic E-state index is 12.5. The predicted molar refractivity (Wildman–Crippen MR) is 129 cm³/mol. The number of imidazole rings is 1. The molecule has 14 heteroatoms.